The van der Waals surface area contributed by atoms with E-state index >= 15 is 0 Å². The number of aliphatic imine (C=N–C) groups is 1. The van der Waals surface area contributed by atoms with Crippen LogP contribution in [-0.4, -0.2) is 42.3 Å². The molecule has 0 aliphatic rings. The lowest BCUT2D eigenvalue weighted by molar-refractivity contribution is 0.0963. The molecule has 2 aromatic carbocycles. The quantitative estimate of drug-likeness (QED) is 0.407. The van der Waals surface area contributed by atoms with Crippen molar-refractivity contribution in [2.45, 2.75) is 26.8 Å². The maximum atomic E-state index is 11.8. The van der Waals surface area contributed by atoms with Crippen LogP contribution in [-0.2, 0) is 13.0 Å². The molecule has 0 atom stereocenters. The van der Waals surface area contributed by atoms with Gasteiger partial charge >= 0.3 is 0 Å². The number of benzene rings is 2. The van der Waals surface area contributed by atoms with E-state index in [1.54, 1.807) is 14.1 Å². The summed E-state index contributed by atoms with van der Waals surface area (Å²) >= 11 is 0. The second-order valence-electron chi connectivity index (χ2n) is 7.28. The van der Waals surface area contributed by atoms with Crippen LogP contribution in [0.4, 0.5) is 0 Å². The lowest BCUT2D eigenvalue weighted by Gasteiger charge is -2.13. The highest BCUT2D eigenvalue weighted by molar-refractivity contribution is 5.94. The van der Waals surface area contributed by atoms with Crippen molar-refractivity contribution in [2.24, 2.45) is 4.99 Å². The molecule has 3 rings (SSSR count). The lowest BCUT2D eigenvalue weighted by Crippen LogP contribution is -2.38. The Morgan fingerprint density at radius 2 is 1.84 bits per heavy atom. The third kappa shape index (κ3) is 5.51. The Hall–Kier alpha value is -3.61. The molecule has 0 aliphatic heterocycles. The van der Waals surface area contributed by atoms with Gasteiger partial charge in [-0.2, -0.15) is 5.10 Å². The zero-order chi connectivity index (χ0) is 22.2. The second-order valence-corrected chi connectivity index (χ2v) is 7.28. The molecule has 0 radical (unpaired) electrons. The number of carbonyl (C=O) groups is 1. The number of hydrogen-bond acceptors (Lipinski definition) is 3. The van der Waals surface area contributed by atoms with E-state index in [4.69, 9.17) is 5.10 Å². The molecule has 0 unspecified atom stereocenters. The van der Waals surface area contributed by atoms with Crippen LogP contribution in [0.15, 0.2) is 59.6 Å². The normalized spacial score (nSPS) is 11.3. The Morgan fingerprint density at radius 1 is 1.06 bits per heavy atom. The third-order valence-corrected chi connectivity index (χ3v) is 5.22. The summed E-state index contributed by atoms with van der Waals surface area (Å²) in [6.07, 6.45) is 0.787. The number of rotatable bonds is 7. The third-order valence-electron chi connectivity index (χ3n) is 5.22. The highest BCUT2D eigenvalue weighted by Gasteiger charge is 2.13. The Balaban J connectivity index is 1.57. The first kappa shape index (κ1) is 22.1. The van der Waals surface area contributed by atoms with E-state index in [0.29, 0.717) is 18.7 Å². The Bertz CT molecular complexity index is 1060. The lowest BCUT2D eigenvalue weighted by atomic mass is 10.1. The van der Waals surface area contributed by atoms with Crippen molar-refractivity contribution in [1.29, 1.82) is 0 Å². The molecule has 0 aliphatic carbocycles. The summed E-state index contributed by atoms with van der Waals surface area (Å²) in [5, 5.41) is 14.1. The van der Waals surface area contributed by atoms with E-state index in [0.717, 1.165) is 40.6 Å². The summed E-state index contributed by atoms with van der Waals surface area (Å²) in [5.74, 6) is 0.655. The first-order chi connectivity index (χ1) is 15.0. The summed E-state index contributed by atoms with van der Waals surface area (Å²) in [7, 11) is 3.40. The molecule has 1 heterocycles. The minimum Gasteiger partial charge on any atom is -0.356 e. The predicted molar refractivity (Wildman–Crippen MR) is 125 cm³/mol. The molecule has 7 heteroatoms. The summed E-state index contributed by atoms with van der Waals surface area (Å²) in [5.41, 5.74) is 6.08. The number of carbonyl (C=O) groups excluding carboxylic acids is 1. The first-order valence-corrected chi connectivity index (χ1v) is 10.4. The van der Waals surface area contributed by atoms with Gasteiger partial charge in [0, 0.05) is 44.0 Å². The molecule has 0 fully saturated rings. The average Bonchev–Trinajstić information content (AvgIpc) is 3.09. The number of hydrogen-bond donors (Lipinski definition) is 3. The van der Waals surface area contributed by atoms with Crippen molar-refractivity contribution in [3.05, 3.63) is 82.7 Å². The SMILES string of the molecule is CN=C(NCCc1cccc(C(=O)NC)c1)NCc1c(C)nn(-c2ccccc2)c1C. The molecule has 0 spiro atoms. The fourth-order valence-electron chi connectivity index (χ4n) is 3.48. The van der Waals surface area contributed by atoms with Gasteiger partial charge in [0.25, 0.3) is 5.91 Å². The monoisotopic (exact) mass is 418 g/mol. The molecule has 162 valence electrons. The van der Waals surface area contributed by atoms with E-state index in [1.165, 1.54) is 0 Å². The van der Waals surface area contributed by atoms with Crippen LogP contribution in [0.25, 0.3) is 5.69 Å². The smallest absolute Gasteiger partial charge is 0.251 e. The Kier molecular flexibility index (Phi) is 7.43. The minimum atomic E-state index is -0.0749. The molecular weight excluding hydrogens is 388 g/mol. The first-order valence-electron chi connectivity index (χ1n) is 10.4. The van der Waals surface area contributed by atoms with Gasteiger partial charge in [-0.1, -0.05) is 30.3 Å². The maximum Gasteiger partial charge on any atom is 0.251 e. The average molecular weight is 419 g/mol. The van der Waals surface area contributed by atoms with Crippen molar-refractivity contribution in [3.63, 3.8) is 0 Å². The molecule has 0 saturated carbocycles. The number of guanidine groups is 1. The predicted octanol–water partition coefficient (Wildman–Crippen LogP) is 2.76. The van der Waals surface area contributed by atoms with Crippen LogP contribution in [0, 0.1) is 13.8 Å². The second kappa shape index (κ2) is 10.4. The highest BCUT2D eigenvalue weighted by atomic mass is 16.1. The summed E-state index contributed by atoms with van der Waals surface area (Å²) in [4.78, 5) is 16.1. The molecular formula is C24H30N6O. The van der Waals surface area contributed by atoms with Gasteiger partial charge in [-0.05, 0) is 50.1 Å². The topological polar surface area (TPSA) is 83.3 Å². The van der Waals surface area contributed by atoms with Gasteiger partial charge in [0.2, 0.25) is 0 Å². The molecule has 1 amide bonds. The minimum absolute atomic E-state index is 0.0749. The van der Waals surface area contributed by atoms with Crippen LogP contribution in [0.5, 0.6) is 0 Å². The number of aromatic nitrogens is 2. The van der Waals surface area contributed by atoms with E-state index in [1.807, 2.05) is 54.1 Å². The van der Waals surface area contributed by atoms with Crippen molar-refractivity contribution in [1.82, 2.24) is 25.7 Å². The van der Waals surface area contributed by atoms with E-state index < -0.39 is 0 Å². The molecule has 0 bridgehead atoms. The van der Waals surface area contributed by atoms with E-state index in [2.05, 4.69) is 40.0 Å². The molecule has 1 aromatic heterocycles. The van der Waals surface area contributed by atoms with Crippen LogP contribution in [0.2, 0.25) is 0 Å². The Morgan fingerprint density at radius 3 is 2.55 bits per heavy atom. The highest BCUT2D eigenvalue weighted by Crippen LogP contribution is 2.17. The van der Waals surface area contributed by atoms with Crippen molar-refractivity contribution < 1.29 is 4.79 Å². The van der Waals surface area contributed by atoms with Crippen LogP contribution in [0.3, 0.4) is 0 Å². The van der Waals surface area contributed by atoms with Gasteiger partial charge in [0.15, 0.2) is 5.96 Å². The van der Waals surface area contributed by atoms with E-state index in [-0.39, 0.29) is 5.91 Å². The Labute approximate surface area is 183 Å². The van der Waals surface area contributed by atoms with Crippen LogP contribution >= 0.6 is 0 Å². The molecule has 3 aromatic rings. The molecule has 3 N–H and O–H groups in total. The van der Waals surface area contributed by atoms with Crippen molar-refractivity contribution in [3.8, 4) is 5.69 Å². The fraction of sp³-hybridized carbons (Fsp3) is 0.292. The number of aryl methyl sites for hydroxylation is 1. The molecule has 7 nitrogen and oxygen atoms in total. The van der Waals surface area contributed by atoms with Crippen molar-refractivity contribution >= 4 is 11.9 Å². The molecule has 0 saturated heterocycles. The van der Waals surface area contributed by atoms with Gasteiger partial charge in [0.1, 0.15) is 0 Å². The van der Waals surface area contributed by atoms with Crippen LogP contribution < -0.4 is 16.0 Å². The zero-order valence-corrected chi connectivity index (χ0v) is 18.6. The van der Waals surface area contributed by atoms with Gasteiger partial charge in [-0.25, -0.2) is 4.68 Å². The molecule has 31 heavy (non-hydrogen) atoms. The van der Waals surface area contributed by atoms with Gasteiger partial charge in [0.05, 0.1) is 11.4 Å². The van der Waals surface area contributed by atoms with Crippen LogP contribution in [0.1, 0.15) is 32.9 Å². The summed E-state index contributed by atoms with van der Waals surface area (Å²) in [6, 6.07) is 17.8. The number of amides is 1. The summed E-state index contributed by atoms with van der Waals surface area (Å²) < 4.78 is 1.97. The van der Waals surface area contributed by atoms with Gasteiger partial charge in [-0.15, -0.1) is 0 Å². The largest absolute Gasteiger partial charge is 0.356 e. The summed E-state index contributed by atoms with van der Waals surface area (Å²) in [6.45, 7) is 5.45. The van der Waals surface area contributed by atoms with Gasteiger partial charge in [-0.3, -0.25) is 9.79 Å². The zero-order valence-electron chi connectivity index (χ0n) is 18.6. The fourth-order valence-corrected chi connectivity index (χ4v) is 3.48. The number of nitrogens with one attached hydrogen (secondary N) is 3. The number of para-hydroxylation sites is 1. The van der Waals surface area contributed by atoms with E-state index in [9.17, 15) is 4.79 Å². The standard InChI is InChI=1S/C24H30N6O/c1-17-22(18(2)30(29-17)21-11-6-5-7-12-21)16-28-24(26-4)27-14-13-19-9-8-10-20(15-19)23(31)25-3/h5-12,15H,13-14,16H2,1-4H3,(H,25,31)(H2,26,27,28). The maximum absolute atomic E-state index is 11.8. The van der Waals surface area contributed by atoms with Gasteiger partial charge < -0.3 is 16.0 Å². The van der Waals surface area contributed by atoms with Crippen molar-refractivity contribution in [2.75, 3.05) is 20.6 Å². The number of nitrogens with zero attached hydrogens (tertiary/aromatic N) is 3.